The maximum absolute atomic E-state index is 12.3. The van der Waals surface area contributed by atoms with Gasteiger partial charge in [0, 0.05) is 19.6 Å². The quantitative estimate of drug-likeness (QED) is 0.676. The minimum Gasteiger partial charge on any atom is -0.469 e. The number of hydrogen-bond donors (Lipinski definition) is 0. The molecule has 1 saturated heterocycles. The van der Waals surface area contributed by atoms with Gasteiger partial charge in [0.05, 0.1) is 19.6 Å². The van der Waals surface area contributed by atoms with E-state index in [4.69, 9.17) is 0 Å². The van der Waals surface area contributed by atoms with Gasteiger partial charge in [-0.3, -0.25) is 14.5 Å². The van der Waals surface area contributed by atoms with E-state index in [-0.39, 0.29) is 30.4 Å². The normalized spacial score (nSPS) is 26.8. The number of carbonyl (C=O) groups excluding carboxylic acids is 2. The minimum absolute atomic E-state index is 0.0160. The Morgan fingerprint density at radius 2 is 2.18 bits per heavy atom. The van der Waals surface area contributed by atoms with Crippen LogP contribution in [-0.4, -0.2) is 61.0 Å². The van der Waals surface area contributed by atoms with Crippen LogP contribution in [0.3, 0.4) is 0 Å². The highest BCUT2D eigenvalue weighted by Crippen LogP contribution is 2.17. The molecule has 0 aromatic carbocycles. The number of ether oxygens (including phenoxy) is 1. The Labute approximate surface area is 103 Å². The van der Waals surface area contributed by atoms with Crippen LogP contribution in [0.2, 0.25) is 0 Å². The Balaban J connectivity index is 2.85. The van der Waals surface area contributed by atoms with Gasteiger partial charge in [0.25, 0.3) is 0 Å². The number of rotatable bonds is 3. The molecule has 0 aromatic rings. The first-order valence-electron chi connectivity index (χ1n) is 6.08. The Kier molecular flexibility index (Phi) is 4.93. The van der Waals surface area contributed by atoms with Gasteiger partial charge in [-0.2, -0.15) is 0 Å². The molecule has 98 valence electrons. The van der Waals surface area contributed by atoms with Crippen molar-refractivity contribution in [2.24, 2.45) is 0 Å². The molecule has 5 nitrogen and oxygen atoms in total. The number of hydrogen-bond acceptors (Lipinski definition) is 4. The highest BCUT2D eigenvalue weighted by molar-refractivity contribution is 5.86. The molecule has 1 aliphatic rings. The van der Waals surface area contributed by atoms with Crippen LogP contribution in [0.1, 0.15) is 26.7 Å². The lowest BCUT2D eigenvalue weighted by atomic mass is 10.1. The molecule has 2 unspecified atom stereocenters. The zero-order valence-electron chi connectivity index (χ0n) is 11.1. The van der Waals surface area contributed by atoms with E-state index >= 15 is 0 Å². The second kappa shape index (κ2) is 6.00. The van der Waals surface area contributed by atoms with E-state index in [0.717, 1.165) is 19.5 Å². The summed E-state index contributed by atoms with van der Waals surface area (Å²) in [4.78, 5) is 27.4. The Hall–Kier alpha value is -1.10. The molecule has 0 saturated carbocycles. The van der Waals surface area contributed by atoms with Crippen molar-refractivity contribution in [1.82, 2.24) is 9.80 Å². The van der Waals surface area contributed by atoms with E-state index in [9.17, 15) is 9.59 Å². The van der Waals surface area contributed by atoms with E-state index in [2.05, 4.69) is 9.64 Å². The van der Waals surface area contributed by atoms with Crippen molar-refractivity contribution in [2.45, 2.75) is 38.8 Å². The van der Waals surface area contributed by atoms with Crippen LogP contribution in [0.25, 0.3) is 0 Å². The lowest BCUT2D eigenvalue weighted by Gasteiger charge is -2.28. The van der Waals surface area contributed by atoms with Crippen molar-refractivity contribution in [3.8, 4) is 0 Å². The van der Waals surface area contributed by atoms with Gasteiger partial charge in [0.1, 0.15) is 0 Å². The van der Waals surface area contributed by atoms with Gasteiger partial charge < -0.3 is 9.64 Å². The average molecular weight is 242 g/mol. The Bertz CT molecular complexity index is 293. The molecule has 17 heavy (non-hydrogen) atoms. The predicted molar refractivity (Wildman–Crippen MR) is 64.5 cm³/mol. The summed E-state index contributed by atoms with van der Waals surface area (Å²) >= 11 is 0. The molecular weight excluding hydrogens is 220 g/mol. The highest BCUT2D eigenvalue weighted by Gasteiger charge is 2.34. The third kappa shape index (κ3) is 3.19. The summed E-state index contributed by atoms with van der Waals surface area (Å²) in [5.74, 6) is -0.313. The molecule has 1 fully saturated rings. The fourth-order valence-corrected chi connectivity index (χ4v) is 2.15. The van der Waals surface area contributed by atoms with Crippen LogP contribution >= 0.6 is 0 Å². The SMILES string of the molecule is CCN1CCC(C)N(C)C(=O)C1CC(=O)OC. The molecule has 0 bridgehead atoms. The van der Waals surface area contributed by atoms with Crippen molar-refractivity contribution in [1.29, 1.82) is 0 Å². The van der Waals surface area contributed by atoms with Gasteiger partial charge in [-0.15, -0.1) is 0 Å². The first kappa shape index (κ1) is 14.0. The van der Waals surface area contributed by atoms with Crippen molar-refractivity contribution in [2.75, 3.05) is 27.2 Å². The van der Waals surface area contributed by atoms with Crippen LogP contribution in [0.4, 0.5) is 0 Å². The standard InChI is InChI=1S/C12H22N2O3/c1-5-14-7-6-9(2)13(3)12(16)10(14)8-11(15)17-4/h9-10H,5-8H2,1-4H3. The maximum Gasteiger partial charge on any atom is 0.307 e. The van der Waals surface area contributed by atoms with Gasteiger partial charge in [-0.1, -0.05) is 6.92 Å². The third-order valence-electron chi connectivity index (χ3n) is 3.56. The van der Waals surface area contributed by atoms with E-state index in [1.807, 2.05) is 13.8 Å². The second-order valence-corrected chi connectivity index (χ2v) is 4.51. The number of likely N-dealkylation sites (N-methyl/N-ethyl adjacent to an activating group) is 2. The number of amides is 1. The van der Waals surface area contributed by atoms with Crippen LogP contribution in [0.5, 0.6) is 0 Å². The van der Waals surface area contributed by atoms with Gasteiger partial charge in [0.2, 0.25) is 5.91 Å². The van der Waals surface area contributed by atoms with Gasteiger partial charge in [-0.05, 0) is 19.9 Å². The van der Waals surface area contributed by atoms with Crippen LogP contribution < -0.4 is 0 Å². The van der Waals surface area contributed by atoms with Crippen molar-refractivity contribution >= 4 is 11.9 Å². The Morgan fingerprint density at radius 3 is 2.71 bits per heavy atom. The van der Waals surface area contributed by atoms with E-state index in [1.54, 1.807) is 11.9 Å². The van der Waals surface area contributed by atoms with Gasteiger partial charge in [0.15, 0.2) is 0 Å². The first-order valence-corrected chi connectivity index (χ1v) is 6.08. The van der Waals surface area contributed by atoms with Gasteiger partial charge in [-0.25, -0.2) is 0 Å². The summed E-state index contributed by atoms with van der Waals surface area (Å²) in [6.45, 7) is 5.66. The van der Waals surface area contributed by atoms with Crippen LogP contribution in [0.15, 0.2) is 0 Å². The molecule has 1 amide bonds. The van der Waals surface area contributed by atoms with Crippen LogP contribution in [-0.2, 0) is 14.3 Å². The molecule has 0 N–H and O–H groups in total. The van der Waals surface area contributed by atoms with E-state index < -0.39 is 0 Å². The first-order chi connectivity index (χ1) is 8.01. The fraction of sp³-hybridized carbons (Fsp3) is 0.833. The summed E-state index contributed by atoms with van der Waals surface area (Å²) in [5, 5.41) is 0. The van der Waals surface area contributed by atoms with Crippen molar-refractivity contribution < 1.29 is 14.3 Å². The summed E-state index contributed by atoms with van der Waals surface area (Å²) in [6.07, 6.45) is 1.08. The molecule has 5 heteroatoms. The molecule has 0 aromatic heterocycles. The summed E-state index contributed by atoms with van der Waals surface area (Å²) in [6, 6.07) is -0.151. The van der Waals surface area contributed by atoms with E-state index in [0.29, 0.717) is 0 Å². The van der Waals surface area contributed by atoms with Gasteiger partial charge >= 0.3 is 5.97 Å². The zero-order valence-corrected chi connectivity index (χ0v) is 11.1. The minimum atomic E-state index is -0.373. The number of methoxy groups -OCH3 is 1. The average Bonchev–Trinajstić information content (AvgIpc) is 2.43. The second-order valence-electron chi connectivity index (χ2n) is 4.51. The third-order valence-corrected chi connectivity index (χ3v) is 3.56. The molecule has 1 rings (SSSR count). The fourth-order valence-electron chi connectivity index (χ4n) is 2.15. The van der Waals surface area contributed by atoms with Crippen LogP contribution in [0, 0.1) is 0 Å². The lowest BCUT2D eigenvalue weighted by Crippen LogP contribution is -2.47. The molecule has 2 atom stereocenters. The van der Waals surface area contributed by atoms with E-state index in [1.165, 1.54) is 7.11 Å². The molecule has 1 aliphatic heterocycles. The number of nitrogens with zero attached hydrogens (tertiary/aromatic N) is 2. The van der Waals surface area contributed by atoms with Crippen molar-refractivity contribution in [3.63, 3.8) is 0 Å². The molecule has 0 radical (unpaired) electrons. The summed E-state index contributed by atoms with van der Waals surface area (Å²) < 4.78 is 4.66. The predicted octanol–water partition coefficient (Wildman–Crippen LogP) is 0.491. The molecule has 0 spiro atoms. The van der Waals surface area contributed by atoms with Crippen molar-refractivity contribution in [3.05, 3.63) is 0 Å². The summed E-state index contributed by atoms with van der Waals surface area (Å²) in [7, 11) is 3.16. The summed E-state index contributed by atoms with van der Waals surface area (Å²) in [5.41, 5.74) is 0. The largest absolute Gasteiger partial charge is 0.469 e. The smallest absolute Gasteiger partial charge is 0.307 e. The number of esters is 1. The molecule has 0 aliphatic carbocycles. The molecular formula is C12H22N2O3. The monoisotopic (exact) mass is 242 g/mol. The lowest BCUT2D eigenvalue weighted by molar-refractivity contribution is -0.147. The maximum atomic E-state index is 12.3. The highest BCUT2D eigenvalue weighted by atomic mass is 16.5. The topological polar surface area (TPSA) is 49.9 Å². The number of carbonyl (C=O) groups is 2. The Morgan fingerprint density at radius 1 is 1.53 bits per heavy atom. The zero-order chi connectivity index (χ0) is 13.0. The molecule has 1 heterocycles.